The first-order valence-corrected chi connectivity index (χ1v) is 9.81. The fraction of sp³-hybridized carbons (Fsp3) is 0.261. The fourth-order valence-corrected chi connectivity index (χ4v) is 3.58. The second-order valence-electron chi connectivity index (χ2n) is 7.42. The van der Waals surface area contributed by atoms with Crippen LogP contribution in [0.3, 0.4) is 0 Å². The van der Waals surface area contributed by atoms with Crippen molar-refractivity contribution in [3.8, 4) is 11.3 Å². The molecular weight excluding hydrogens is 385 g/mol. The standard InChI is InChI=1S/C23H22FN3O3/c1-15-3-5-18(6-4-15)22(28)26-11-13-27(14-12-26)23(29)20-16(2)30-25-21(20)17-7-9-19(24)10-8-17/h3-10H,11-14H2,1-2H3. The summed E-state index contributed by atoms with van der Waals surface area (Å²) >= 11 is 0. The lowest BCUT2D eigenvalue weighted by Crippen LogP contribution is -2.50. The van der Waals surface area contributed by atoms with Gasteiger partial charge in [0.15, 0.2) is 0 Å². The highest BCUT2D eigenvalue weighted by Gasteiger charge is 2.30. The predicted molar refractivity (Wildman–Crippen MR) is 110 cm³/mol. The maximum Gasteiger partial charge on any atom is 0.259 e. The summed E-state index contributed by atoms with van der Waals surface area (Å²) in [6, 6.07) is 13.3. The molecular formula is C23H22FN3O3. The normalized spacial score (nSPS) is 14.1. The molecule has 1 aromatic heterocycles. The molecule has 0 spiro atoms. The summed E-state index contributed by atoms with van der Waals surface area (Å²) in [7, 11) is 0. The average molecular weight is 407 g/mol. The van der Waals surface area contributed by atoms with Gasteiger partial charge in [-0.3, -0.25) is 9.59 Å². The topological polar surface area (TPSA) is 66.7 Å². The van der Waals surface area contributed by atoms with Crippen LogP contribution in [-0.4, -0.2) is 52.9 Å². The molecule has 2 heterocycles. The van der Waals surface area contributed by atoms with Gasteiger partial charge in [0, 0.05) is 37.3 Å². The number of amides is 2. The maximum absolute atomic E-state index is 13.3. The summed E-state index contributed by atoms with van der Waals surface area (Å²) in [5.74, 6) is -0.176. The van der Waals surface area contributed by atoms with Crippen LogP contribution < -0.4 is 0 Å². The Morgan fingerprint density at radius 1 is 0.867 bits per heavy atom. The highest BCUT2D eigenvalue weighted by molar-refractivity contribution is 6.01. The first kappa shape index (κ1) is 19.8. The molecule has 4 rings (SSSR count). The van der Waals surface area contributed by atoms with E-state index in [2.05, 4.69) is 5.16 Å². The van der Waals surface area contributed by atoms with Crippen molar-refractivity contribution in [2.75, 3.05) is 26.2 Å². The molecule has 154 valence electrons. The molecule has 1 aliphatic rings. The number of aryl methyl sites for hydroxylation is 2. The smallest absolute Gasteiger partial charge is 0.259 e. The third-order valence-corrected chi connectivity index (χ3v) is 5.35. The Hall–Kier alpha value is -3.48. The van der Waals surface area contributed by atoms with Gasteiger partial charge >= 0.3 is 0 Å². The highest BCUT2D eigenvalue weighted by atomic mass is 19.1. The van der Waals surface area contributed by atoms with E-state index in [0.29, 0.717) is 54.3 Å². The number of hydrogen-bond donors (Lipinski definition) is 0. The number of carbonyl (C=O) groups excluding carboxylic acids is 2. The second-order valence-corrected chi connectivity index (χ2v) is 7.42. The number of benzene rings is 2. The van der Waals surface area contributed by atoms with Crippen molar-refractivity contribution >= 4 is 11.8 Å². The Morgan fingerprint density at radius 2 is 1.43 bits per heavy atom. The minimum absolute atomic E-state index is 0.0322. The van der Waals surface area contributed by atoms with E-state index in [0.717, 1.165) is 5.56 Å². The van der Waals surface area contributed by atoms with E-state index in [1.165, 1.54) is 12.1 Å². The minimum Gasteiger partial charge on any atom is -0.360 e. The molecule has 0 atom stereocenters. The molecule has 0 bridgehead atoms. The summed E-state index contributed by atoms with van der Waals surface area (Å²) in [6.45, 7) is 5.41. The first-order chi connectivity index (χ1) is 14.4. The van der Waals surface area contributed by atoms with Crippen molar-refractivity contribution in [1.82, 2.24) is 15.0 Å². The third-order valence-electron chi connectivity index (χ3n) is 5.35. The van der Waals surface area contributed by atoms with Gasteiger partial charge in [0.05, 0.1) is 0 Å². The molecule has 0 aliphatic carbocycles. The number of rotatable bonds is 3. The van der Waals surface area contributed by atoms with Crippen LogP contribution >= 0.6 is 0 Å². The number of aromatic nitrogens is 1. The fourth-order valence-electron chi connectivity index (χ4n) is 3.58. The largest absolute Gasteiger partial charge is 0.360 e. The molecule has 1 fully saturated rings. The molecule has 0 saturated carbocycles. The van der Waals surface area contributed by atoms with Crippen molar-refractivity contribution in [3.05, 3.63) is 76.8 Å². The highest BCUT2D eigenvalue weighted by Crippen LogP contribution is 2.27. The third kappa shape index (κ3) is 3.83. The lowest BCUT2D eigenvalue weighted by Gasteiger charge is -2.34. The van der Waals surface area contributed by atoms with Gasteiger partial charge in [0.1, 0.15) is 22.8 Å². The van der Waals surface area contributed by atoms with Crippen LogP contribution in [0, 0.1) is 19.7 Å². The predicted octanol–water partition coefficient (Wildman–Crippen LogP) is 3.70. The van der Waals surface area contributed by atoms with Gasteiger partial charge in [-0.2, -0.15) is 0 Å². The summed E-state index contributed by atoms with van der Waals surface area (Å²) in [6.07, 6.45) is 0. The summed E-state index contributed by atoms with van der Waals surface area (Å²) in [5, 5.41) is 4.01. The van der Waals surface area contributed by atoms with Crippen LogP contribution in [0.15, 0.2) is 53.1 Å². The number of hydrogen-bond acceptors (Lipinski definition) is 4. The Kier molecular flexibility index (Phi) is 5.35. The van der Waals surface area contributed by atoms with Gasteiger partial charge in [-0.25, -0.2) is 4.39 Å². The van der Waals surface area contributed by atoms with Crippen molar-refractivity contribution in [2.24, 2.45) is 0 Å². The van der Waals surface area contributed by atoms with Crippen LogP contribution in [0.25, 0.3) is 11.3 Å². The van der Waals surface area contributed by atoms with E-state index >= 15 is 0 Å². The Bertz CT molecular complexity index is 1070. The number of piperazine rings is 1. The molecule has 2 amide bonds. The molecule has 30 heavy (non-hydrogen) atoms. The van der Waals surface area contributed by atoms with Crippen LogP contribution in [0.2, 0.25) is 0 Å². The zero-order valence-corrected chi connectivity index (χ0v) is 16.9. The number of carbonyl (C=O) groups is 2. The van der Waals surface area contributed by atoms with E-state index in [4.69, 9.17) is 4.52 Å². The lowest BCUT2D eigenvalue weighted by molar-refractivity contribution is 0.0534. The van der Waals surface area contributed by atoms with Gasteiger partial charge in [-0.15, -0.1) is 0 Å². The van der Waals surface area contributed by atoms with Crippen LogP contribution in [0.4, 0.5) is 4.39 Å². The Labute approximate surface area is 173 Å². The Balaban J connectivity index is 1.47. The monoisotopic (exact) mass is 407 g/mol. The average Bonchev–Trinajstić information content (AvgIpc) is 3.15. The minimum atomic E-state index is -0.360. The molecule has 3 aromatic rings. The van der Waals surface area contributed by atoms with Crippen LogP contribution in [0.1, 0.15) is 32.0 Å². The molecule has 0 unspecified atom stereocenters. The van der Waals surface area contributed by atoms with Gasteiger partial charge in [-0.05, 0) is 50.2 Å². The number of nitrogens with zero attached hydrogens (tertiary/aromatic N) is 3. The molecule has 0 radical (unpaired) electrons. The SMILES string of the molecule is Cc1ccc(C(=O)N2CCN(C(=O)c3c(-c4ccc(F)cc4)noc3C)CC2)cc1. The van der Waals surface area contributed by atoms with Gasteiger partial charge < -0.3 is 14.3 Å². The van der Waals surface area contributed by atoms with Gasteiger partial charge in [0.25, 0.3) is 11.8 Å². The van der Waals surface area contributed by atoms with Gasteiger partial charge in [-0.1, -0.05) is 22.9 Å². The second kappa shape index (κ2) is 8.10. The van der Waals surface area contributed by atoms with E-state index in [9.17, 15) is 14.0 Å². The zero-order chi connectivity index (χ0) is 21.3. The maximum atomic E-state index is 13.3. The first-order valence-electron chi connectivity index (χ1n) is 9.81. The molecule has 6 nitrogen and oxygen atoms in total. The van der Waals surface area contributed by atoms with Crippen LogP contribution in [-0.2, 0) is 0 Å². The van der Waals surface area contributed by atoms with Crippen molar-refractivity contribution < 1.29 is 18.5 Å². The van der Waals surface area contributed by atoms with Crippen molar-refractivity contribution in [3.63, 3.8) is 0 Å². The number of halogens is 1. The summed E-state index contributed by atoms with van der Waals surface area (Å²) in [4.78, 5) is 29.3. The molecule has 1 saturated heterocycles. The Morgan fingerprint density at radius 3 is 2.03 bits per heavy atom. The van der Waals surface area contributed by atoms with Crippen LogP contribution in [0.5, 0.6) is 0 Å². The van der Waals surface area contributed by atoms with E-state index < -0.39 is 0 Å². The molecule has 1 aliphatic heterocycles. The molecule has 7 heteroatoms. The lowest BCUT2D eigenvalue weighted by atomic mass is 10.0. The zero-order valence-electron chi connectivity index (χ0n) is 16.9. The molecule has 2 aromatic carbocycles. The quantitative estimate of drug-likeness (QED) is 0.664. The summed E-state index contributed by atoms with van der Waals surface area (Å²) < 4.78 is 18.5. The molecule has 0 N–H and O–H groups in total. The van der Waals surface area contributed by atoms with E-state index in [-0.39, 0.29) is 17.6 Å². The van der Waals surface area contributed by atoms with Crippen molar-refractivity contribution in [2.45, 2.75) is 13.8 Å². The van der Waals surface area contributed by atoms with Crippen molar-refractivity contribution in [1.29, 1.82) is 0 Å². The van der Waals surface area contributed by atoms with E-state index in [1.807, 2.05) is 31.2 Å². The van der Waals surface area contributed by atoms with Gasteiger partial charge in [0.2, 0.25) is 0 Å². The van der Waals surface area contributed by atoms with E-state index in [1.54, 1.807) is 28.9 Å². The summed E-state index contributed by atoms with van der Waals surface area (Å²) in [5.41, 5.74) is 3.14.